The number of rotatable bonds is 5. The summed E-state index contributed by atoms with van der Waals surface area (Å²) in [6.07, 6.45) is 2.51. The van der Waals surface area contributed by atoms with Gasteiger partial charge in [-0.15, -0.1) is 24.0 Å². The van der Waals surface area contributed by atoms with Crippen molar-refractivity contribution in [1.82, 2.24) is 10.6 Å². The lowest BCUT2D eigenvalue weighted by Crippen LogP contribution is -2.39. The normalized spacial score (nSPS) is 17.7. The van der Waals surface area contributed by atoms with Crippen molar-refractivity contribution in [1.29, 1.82) is 0 Å². The molecule has 1 fully saturated rings. The van der Waals surface area contributed by atoms with Crippen LogP contribution in [-0.2, 0) is 6.54 Å². The minimum absolute atomic E-state index is 0. The Morgan fingerprint density at radius 2 is 2.23 bits per heavy atom. The maximum atomic E-state index is 11.0. The van der Waals surface area contributed by atoms with E-state index in [0.29, 0.717) is 23.3 Å². The summed E-state index contributed by atoms with van der Waals surface area (Å²) in [5.41, 5.74) is 0.785. The fourth-order valence-corrected chi connectivity index (χ4v) is 3.46. The SMILES string of the molecule is CN=C(NCc1ccccc1[N+](=O)[O-])NCC1CCCS1.I. The second kappa shape index (κ2) is 9.88. The van der Waals surface area contributed by atoms with E-state index in [1.807, 2.05) is 11.8 Å². The zero-order chi connectivity index (χ0) is 15.1. The van der Waals surface area contributed by atoms with Gasteiger partial charge in [-0.1, -0.05) is 18.2 Å². The van der Waals surface area contributed by atoms with Crippen LogP contribution in [0.25, 0.3) is 0 Å². The van der Waals surface area contributed by atoms with Crippen molar-refractivity contribution in [3.8, 4) is 0 Å². The van der Waals surface area contributed by atoms with Crippen LogP contribution >= 0.6 is 35.7 Å². The van der Waals surface area contributed by atoms with Gasteiger partial charge in [0.05, 0.1) is 4.92 Å². The van der Waals surface area contributed by atoms with Gasteiger partial charge < -0.3 is 10.6 Å². The molecule has 1 atom stereocenters. The van der Waals surface area contributed by atoms with Gasteiger partial charge in [0.2, 0.25) is 0 Å². The molecule has 0 saturated carbocycles. The summed E-state index contributed by atoms with van der Waals surface area (Å²) in [6.45, 7) is 1.26. The molecule has 0 bridgehead atoms. The van der Waals surface area contributed by atoms with Crippen molar-refractivity contribution in [3.05, 3.63) is 39.9 Å². The summed E-state index contributed by atoms with van der Waals surface area (Å²) in [5.74, 6) is 1.91. The van der Waals surface area contributed by atoms with Gasteiger partial charge in [0.1, 0.15) is 0 Å². The van der Waals surface area contributed by atoms with Gasteiger partial charge in [0.25, 0.3) is 5.69 Å². The lowest BCUT2D eigenvalue weighted by molar-refractivity contribution is -0.385. The van der Waals surface area contributed by atoms with Crippen LogP contribution in [0.2, 0.25) is 0 Å². The molecule has 1 unspecified atom stereocenters. The Balaban J connectivity index is 0.00000242. The standard InChI is InChI=1S/C14H20N4O2S.HI/c1-15-14(17-10-12-6-4-8-21-12)16-9-11-5-2-3-7-13(11)18(19)20;/h2-3,5,7,12H,4,6,8-10H2,1H3,(H2,15,16,17);1H. The number of thioether (sulfide) groups is 1. The van der Waals surface area contributed by atoms with Crippen molar-refractivity contribution in [2.75, 3.05) is 19.3 Å². The van der Waals surface area contributed by atoms with E-state index < -0.39 is 0 Å². The van der Waals surface area contributed by atoms with Crippen molar-refractivity contribution in [3.63, 3.8) is 0 Å². The van der Waals surface area contributed by atoms with E-state index in [0.717, 1.165) is 6.54 Å². The first-order valence-corrected chi connectivity index (χ1v) is 8.04. The summed E-state index contributed by atoms with van der Waals surface area (Å²) >= 11 is 1.98. The number of hydrogen-bond donors (Lipinski definition) is 2. The third-order valence-electron chi connectivity index (χ3n) is 3.38. The molecule has 0 spiro atoms. The van der Waals surface area contributed by atoms with Crippen molar-refractivity contribution < 1.29 is 4.92 Å². The first-order chi connectivity index (χ1) is 10.2. The molecule has 1 aliphatic heterocycles. The Morgan fingerprint density at radius 1 is 1.45 bits per heavy atom. The molecule has 1 heterocycles. The summed E-state index contributed by atoms with van der Waals surface area (Å²) < 4.78 is 0. The van der Waals surface area contributed by atoms with Gasteiger partial charge in [0.15, 0.2) is 5.96 Å². The fourth-order valence-electron chi connectivity index (χ4n) is 2.25. The number of nitrogens with zero attached hydrogens (tertiary/aromatic N) is 2. The number of halogens is 1. The number of nitro groups is 1. The molecular weight excluding hydrogens is 415 g/mol. The molecule has 0 aliphatic carbocycles. The summed E-state index contributed by atoms with van der Waals surface area (Å²) in [6, 6.07) is 6.75. The van der Waals surface area contributed by atoms with Crippen molar-refractivity contribution in [2.45, 2.75) is 24.6 Å². The Morgan fingerprint density at radius 3 is 2.86 bits per heavy atom. The maximum absolute atomic E-state index is 11.0. The van der Waals surface area contributed by atoms with Crippen molar-refractivity contribution >= 4 is 47.4 Å². The molecule has 0 aromatic heterocycles. The first-order valence-electron chi connectivity index (χ1n) is 6.99. The molecule has 8 heteroatoms. The van der Waals surface area contributed by atoms with Gasteiger partial charge in [-0.2, -0.15) is 11.8 Å². The molecule has 6 nitrogen and oxygen atoms in total. The minimum Gasteiger partial charge on any atom is -0.355 e. The zero-order valence-electron chi connectivity index (χ0n) is 12.4. The zero-order valence-corrected chi connectivity index (χ0v) is 15.6. The smallest absolute Gasteiger partial charge is 0.274 e. The molecule has 1 aromatic carbocycles. The predicted molar refractivity (Wildman–Crippen MR) is 102 cm³/mol. The predicted octanol–water partition coefficient (Wildman–Crippen LogP) is 2.77. The van der Waals surface area contributed by atoms with Crippen LogP contribution in [0.1, 0.15) is 18.4 Å². The number of nitro benzene ring substituents is 1. The number of nitrogens with one attached hydrogen (secondary N) is 2. The van der Waals surface area contributed by atoms with E-state index in [9.17, 15) is 10.1 Å². The molecule has 2 N–H and O–H groups in total. The van der Waals surface area contributed by atoms with Crippen LogP contribution in [0.5, 0.6) is 0 Å². The highest BCUT2D eigenvalue weighted by atomic mass is 127. The Bertz CT molecular complexity index is 521. The van der Waals surface area contributed by atoms with Crippen LogP contribution in [0.15, 0.2) is 29.3 Å². The molecule has 22 heavy (non-hydrogen) atoms. The van der Waals surface area contributed by atoms with Crippen LogP contribution in [0.3, 0.4) is 0 Å². The highest BCUT2D eigenvalue weighted by Crippen LogP contribution is 2.25. The first kappa shape index (κ1) is 19.0. The summed E-state index contributed by atoms with van der Waals surface area (Å²) in [7, 11) is 1.70. The minimum atomic E-state index is -0.359. The van der Waals surface area contributed by atoms with E-state index in [1.165, 1.54) is 24.7 Å². The third kappa shape index (κ3) is 5.64. The van der Waals surface area contributed by atoms with Crippen LogP contribution < -0.4 is 10.6 Å². The van der Waals surface area contributed by atoms with E-state index in [1.54, 1.807) is 25.2 Å². The van der Waals surface area contributed by atoms with Gasteiger partial charge in [-0.05, 0) is 18.6 Å². The van der Waals surface area contributed by atoms with E-state index >= 15 is 0 Å². The second-order valence-electron chi connectivity index (χ2n) is 4.83. The highest BCUT2D eigenvalue weighted by Gasteiger charge is 2.16. The number of guanidine groups is 1. The molecule has 0 amide bonds. The molecule has 2 rings (SSSR count). The quantitative estimate of drug-likeness (QED) is 0.244. The van der Waals surface area contributed by atoms with Crippen LogP contribution in [0.4, 0.5) is 5.69 Å². The number of hydrogen-bond acceptors (Lipinski definition) is 4. The topological polar surface area (TPSA) is 79.6 Å². The lowest BCUT2D eigenvalue weighted by Gasteiger charge is -2.14. The number of aliphatic imine (C=N–C) groups is 1. The highest BCUT2D eigenvalue weighted by molar-refractivity contribution is 14.0. The van der Waals surface area contributed by atoms with E-state index in [-0.39, 0.29) is 34.6 Å². The summed E-state index contributed by atoms with van der Waals surface area (Å²) in [5, 5.41) is 18.0. The number of para-hydroxylation sites is 1. The fraction of sp³-hybridized carbons (Fsp3) is 0.500. The van der Waals surface area contributed by atoms with Crippen molar-refractivity contribution in [2.24, 2.45) is 4.99 Å². The van der Waals surface area contributed by atoms with Crippen LogP contribution in [0, 0.1) is 10.1 Å². The van der Waals surface area contributed by atoms with Gasteiger partial charge in [-0.3, -0.25) is 15.1 Å². The molecular formula is C14H21IN4O2S. The Kier molecular flexibility index (Phi) is 8.54. The Labute approximate surface area is 151 Å². The molecule has 1 saturated heterocycles. The van der Waals surface area contributed by atoms with Gasteiger partial charge in [0, 0.05) is 37.0 Å². The molecule has 1 aromatic rings. The number of benzene rings is 1. The lowest BCUT2D eigenvalue weighted by atomic mass is 10.2. The largest absolute Gasteiger partial charge is 0.355 e. The monoisotopic (exact) mass is 436 g/mol. The van der Waals surface area contributed by atoms with Gasteiger partial charge in [-0.25, -0.2) is 0 Å². The molecule has 1 aliphatic rings. The summed E-state index contributed by atoms with van der Waals surface area (Å²) in [4.78, 5) is 14.8. The second-order valence-corrected chi connectivity index (χ2v) is 6.24. The average molecular weight is 436 g/mol. The van der Waals surface area contributed by atoms with Gasteiger partial charge >= 0.3 is 0 Å². The van der Waals surface area contributed by atoms with Crippen LogP contribution in [-0.4, -0.2) is 35.5 Å². The maximum Gasteiger partial charge on any atom is 0.274 e. The van der Waals surface area contributed by atoms with E-state index in [2.05, 4.69) is 15.6 Å². The average Bonchev–Trinajstić information content (AvgIpc) is 3.01. The Hall–Kier alpha value is -1.03. The molecule has 122 valence electrons. The van der Waals surface area contributed by atoms with E-state index in [4.69, 9.17) is 0 Å². The molecule has 0 radical (unpaired) electrons. The third-order valence-corrected chi connectivity index (χ3v) is 4.78.